The Morgan fingerprint density at radius 2 is 1.97 bits per heavy atom. The molecule has 154 valence electrons. The standard InChI is InChI=1S/C19H20BrFN4O3S/c1-14(13-26)25(29(27,28)19-8-7-16(21)9-18(19)20)12-17-11-24(23-22-17)10-15-5-3-2-4-6-15/h2-9,11,14,26H,10,12-13H2,1H3/t14-/m0/s1. The summed E-state index contributed by atoms with van der Waals surface area (Å²) in [4.78, 5) is -0.0872. The lowest BCUT2D eigenvalue weighted by molar-refractivity contribution is 0.193. The van der Waals surface area contributed by atoms with Crippen molar-refractivity contribution in [2.24, 2.45) is 0 Å². The number of sulfonamides is 1. The molecule has 2 aromatic carbocycles. The molecule has 29 heavy (non-hydrogen) atoms. The van der Waals surface area contributed by atoms with E-state index in [1.807, 2.05) is 30.3 Å². The van der Waals surface area contributed by atoms with Gasteiger partial charge in [-0.05, 0) is 46.6 Å². The average molecular weight is 483 g/mol. The zero-order chi connectivity index (χ0) is 21.0. The summed E-state index contributed by atoms with van der Waals surface area (Å²) in [5, 5.41) is 17.7. The van der Waals surface area contributed by atoms with Gasteiger partial charge in [-0.3, -0.25) is 0 Å². The molecule has 0 aliphatic carbocycles. The fourth-order valence-electron chi connectivity index (χ4n) is 2.80. The molecule has 1 N–H and O–H groups in total. The molecule has 0 radical (unpaired) electrons. The van der Waals surface area contributed by atoms with Gasteiger partial charge in [-0.1, -0.05) is 35.5 Å². The van der Waals surface area contributed by atoms with Gasteiger partial charge in [0.2, 0.25) is 10.0 Å². The van der Waals surface area contributed by atoms with Gasteiger partial charge in [-0.15, -0.1) is 5.10 Å². The van der Waals surface area contributed by atoms with Crippen LogP contribution in [0.1, 0.15) is 18.2 Å². The number of hydrogen-bond acceptors (Lipinski definition) is 5. The second-order valence-electron chi connectivity index (χ2n) is 6.55. The third-order valence-corrected chi connectivity index (χ3v) is 7.26. The summed E-state index contributed by atoms with van der Waals surface area (Å²) in [6.45, 7) is 1.63. The smallest absolute Gasteiger partial charge is 0.244 e. The Morgan fingerprint density at radius 1 is 1.24 bits per heavy atom. The molecule has 0 bridgehead atoms. The third-order valence-electron chi connectivity index (χ3n) is 4.33. The van der Waals surface area contributed by atoms with Crippen LogP contribution in [-0.2, 0) is 23.1 Å². The number of hydrogen-bond donors (Lipinski definition) is 1. The second kappa shape index (κ2) is 9.12. The molecule has 0 unspecified atom stereocenters. The lowest BCUT2D eigenvalue weighted by Crippen LogP contribution is -2.40. The minimum atomic E-state index is -4.02. The maximum Gasteiger partial charge on any atom is 0.244 e. The number of benzene rings is 2. The Bertz CT molecular complexity index is 1080. The van der Waals surface area contributed by atoms with Gasteiger partial charge in [0.15, 0.2) is 0 Å². The quantitative estimate of drug-likeness (QED) is 0.533. The zero-order valence-electron chi connectivity index (χ0n) is 15.6. The average Bonchev–Trinajstić information content (AvgIpc) is 3.13. The van der Waals surface area contributed by atoms with Crippen LogP contribution in [0, 0.1) is 5.82 Å². The minimum Gasteiger partial charge on any atom is -0.395 e. The van der Waals surface area contributed by atoms with E-state index in [9.17, 15) is 17.9 Å². The lowest BCUT2D eigenvalue weighted by atomic mass is 10.2. The molecule has 0 saturated carbocycles. The summed E-state index contributed by atoms with van der Waals surface area (Å²) in [6.07, 6.45) is 1.67. The van der Waals surface area contributed by atoms with Crippen molar-refractivity contribution in [3.63, 3.8) is 0 Å². The summed E-state index contributed by atoms with van der Waals surface area (Å²) >= 11 is 3.11. The number of rotatable bonds is 8. The third kappa shape index (κ3) is 5.08. The van der Waals surface area contributed by atoms with Crippen molar-refractivity contribution in [2.45, 2.75) is 31.0 Å². The van der Waals surface area contributed by atoms with E-state index in [4.69, 9.17) is 0 Å². The summed E-state index contributed by atoms with van der Waals surface area (Å²) in [5.41, 5.74) is 1.47. The van der Waals surface area contributed by atoms with E-state index in [-0.39, 0.29) is 22.5 Å². The second-order valence-corrected chi connectivity index (χ2v) is 9.26. The highest BCUT2D eigenvalue weighted by Gasteiger charge is 2.31. The van der Waals surface area contributed by atoms with Gasteiger partial charge in [0.05, 0.1) is 36.5 Å². The predicted octanol–water partition coefficient (Wildman–Crippen LogP) is 2.80. The van der Waals surface area contributed by atoms with Crippen molar-refractivity contribution in [1.29, 1.82) is 0 Å². The molecule has 0 aliphatic rings. The maximum absolute atomic E-state index is 13.4. The first kappa shape index (κ1) is 21.6. The van der Waals surface area contributed by atoms with Crippen molar-refractivity contribution < 1.29 is 17.9 Å². The van der Waals surface area contributed by atoms with E-state index < -0.39 is 21.9 Å². The summed E-state index contributed by atoms with van der Waals surface area (Å²) in [6, 6.07) is 12.3. The van der Waals surface area contributed by atoms with Gasteiger partial charge >= 0.3 is 0 Å². The van der Waals surface area contributed by atoms with Crippen LogP contribution in [0.3, 0.4) is 0 Å². The molecular formula is C19H20BrFN4O3S. The molecule has 0 aliphatic heterocycles. The van der Waals surface area contributed by atoms with Gasteiger partial charge in [0, 0.05) is 10.5 Å². The number of aliphatic hydroxyl groups is 1. The topological polar surface area (TPSA) is 88.3 Å². The Morgan fingerprint density at radius 3 is 2.62 bits per heavy atom. The first-order valence-corrected chi connectivity index (χ1v) is 11.0. The van der Waals surface area contributed by atoms with Crippen LogP contribution in [0.25, 0.3) is 0 Å². The number of halogens is 2. The van der Waals surface area contributed by atoms with Crippen molar-refractivity contribution in [2.75, 3.05) is 6.61 Å². The van der Waals surface area contributed by atoms with Gasteiger partial charge in [-0.2, -0.15) is 4.31 Å². The van der Waals surface area contributed by atoms with E-state index in [1.54, 1.807) is 17.8 Å². The molecule has 0 fully saturated rings. The molecule has 10 heteroatoms. The first-order valence-electron chi connectivity index (χ1n) is 8.82. The van der Waals surface area contributed by atoms with Gasteiger partial charge < -0.3 is 5.11 Å². The van der Waals surface area contributed by atoms with Crippen molar-refractivity contribution in [1.82, 2.24) is 19.3 Å². The van der Waals surface area contributed by atoms with Crippen molar-refractivity contribution in [3.05, 3.63) is 76.3 Å². The van der Waals surface area contributed by atoms with Crippen LogP contribution < -0.4 is 0 Å². The Balaban J connectivity index is 1.86. The Kier molecular flexibility index (Phi) is 6.78. The molecule has 3 aromatic rings. The highest BCUT2D eigenvalue weighted by atomic mass is 79.9. The fraction of sp³-hybridized carbons (Fsp3) is 0.263. The molecule has 3 rings (SSSR count). The molecule has 7 nitrogen and oxygen atoms in total. The predicted molar refractivity (Wildman–Crippen MR) is 109 cm³/mol. The van der Waals surface area contributed by atoms with Crippen molar-refractivity contribution in [3.8, 4) is 0 Å². The summed E-state index contributed by atoms with van der Waals surface area (Å²) in [7, 11) is -4.02. The van der Waals surface area contributed by atoms with Crippen LogP contribution >= 0.6 is 15.9 Å². The molecule has 1 atom stereocenters. The monoisotopic (exact) mass is 482 g/mol. The molecule has 1 heterocycles. The summed E-state index contributed by atoms with van der Waals surface area (Å²) in [5.74, 6) is -0.554. The Hall–Kier alpha value is -2.14. The minimum absolute atomic E-state index is 0.0807. The van der Waals surface area contributed by atoms with E-state index in [2.05, 4.69) is 26.2 Å². The molecule has 0 amide bonds. The Labute approximate surface area is 177 Å². The SMILES string of the molecule is C[C@@H](CO)N(Cc1cn(Cc2ccccc2)nn1)S(=O)(=O)c1ccc(F)cc1Br. The number of nitrogens with zero attached hydrogens (tertiary/aromatic N) is 4. The van der Waals surface area contributed by atoms with Gasteiger partial charge in [0.1, 0.15) is 5.82 Å². The summed E-state index contributed by atoms with van der Waals surface area (Å²) < 4.78 is 42.6. The normalized spacial score (nSPS) is 13.0. The van der Waals surface area contributed by atoms with Gasteiger partial charge in [-0.25, -0.2) is 17.5 Å². The van der Waals surface area contributed by atoms with Crippen LogP contribution in [0.4, 0.5) is 4.39 Å². The van der Waals surface area contributed by atoms with E-state index >= 15 is 0 Å². The van der Waals surface area contributed by atoms with Crippen LogP contribution in [0.5, 0.6) is 0 Å². The molecule has 0 saturated heterocycles. The maximum atomic E-state index is 13.4. The van der Waals surface area contributed by atoms with Crippen LogP contribution in [-0.4, -0.2) is 45.5 Å². The number of aliphatic hydroxyl groups excluding tert-OH is 1. The van der Waals surface area contributed by atoms with E-state index in [0.717, 1.165) is 22.0 Å². The first-order chi connectivity index (χ1) is 13.8. The highest BCUT2D eigenvalue weighted by molar-refractivity contribution is 9.10. The fourth-order valence-corrected chi connectivity index (χ4v) is 5.40. The zero-order valence-corrected chi connectivity index (χ0v) is 18.0. The molecule has 1 aromatic heterocycles. The number of aromatic nitrogens is 3. The van der Waals surface area contributed by atoms with Crippen molar-refractivity contribution >= 4 is 26.0 Å². The van der Waals surface area contributed by atoms with E-state index in [1.165, 1.54) is 6.07 Å². The largest absolute Gasteiger partial charge is 0.395 e. The van der Waals surface area contributed by atoms with Crippen LogP contribution in [0.15, 0.2) is 64.1 Å². The molecular weight excluding hydrogens is 463 g/mol. The van der Waals surface area contributed by atoms with E-state index in [0.29, 0.717) is 12.2 Å². The van der Waals surface area contributed by atoms with Crippen LogP contribution in [0.2, 0.25) is 0 Å². The lowest BCUT2D eigenvalue weighted by Gasteiger charge is -2.26. The van der Waals surface area contributed by atoms with Gasteiger partial charge in [0.25, 0.3) is 0 Å². The highest BCUT2D eigenvalue weighted by Crippen LogP contribution is 2.28. The molecule has 0 spiro atoms.